The Labute approximate surface area is 158 Å². The summed E-state index contributed by atoms with van der Waals surface area (Å²) in [4.78, 5) is 16.9. The SMILES string of the molecule is Clc1ccc2ncnc(Nc3cnc(Oc4ccccc4)c(Cl)c3)c2n1. The number of fused-ring (bicyclic) bond motifs is 1. The molecule has 0 spiro atoms. The van der Waals surface area contributed by atoms with Gasteiger partial charge in [0, 0.05) is 0 Å². The zero-order valence-corrected chi connectivity index (χ0v) is 14.7. The zero-order valence-electron chi connectivity index (χ0n) is 13.2. The number of hydrogen-bond donors (Lipinski definition) is 1. The summed E-state index contributed by atoms with van der Waals surface area (Å²) in [7, 11) is 0. The standard InChI is InChI=1S/C18H11Cl2N5O/c19-13-8-11(9-21-18(13)26-12-4-2-1-3-5-12)24-17-16-14(22-10-23-17)6-7-15(20)25-16/h1-10H,(H,22,23,24). The van der Waals surface area contributed by atoms with Crippen LogP contribution in [0, 0.1) is 0 Å². The van der Waals surface area contributed by atoms with Crippen LogP contribution in [0.2, 0.25) is 10.2 Å². The number of para-hydroxylation sites is 1. The molecule has 0 amide bonds. The molecule has 0 unspecified atom stereocenters. The molecule has 0 radical (unpaired) electrons. The summed E-state index contributed by atoms with van der Waals surface area (Å²) in [5.74, 6) is 1.48. The summed E-state index contributed by atoms with van der Waals surface area (Å²) in [5.41, 5.74) is 1.87. The molecule has 0 fully saturated rings. The van der Waals surface area contributed by atoms with E-state index in [9.17, 15) is 0 Å². The lowest BCUT2D eigenvalue weighted by molar-refractivity contribution is 0.463. The molecular formula is C18H11Cl2N5O. The predicted molar refractivity (Wildman–Crippen MR) is 101 cm³/mol. The number of halogens is 2. The molecule has 0 aliphatic rings. The highest BCUT2D eigenvalue weighted by molar-refractivity contribution is 6.32. The molecule has 0 aliphatic heterocycles. The fourth-order valence-electron chi connectivity index (χ4n) is 2.31. The number of hydrogen-bond acceptors (Lipinski definition) is 6. The van der Waals surface area contributed by atoms with Crippen LogP contribution in [0.25, 0.3) is 11.0 Å². The van der Waals surface area contributed by atoms with E-state index in [-0.39, 0.29) is 0 Å². The van der Waals surface area contributed by atoms with Gasteiger partial charge in [0.15, 0.2) is 5.82 Å². The second-order valence-corrected chi connectivity index (χ2v) is 6.07. The van der Waals surface area contributed by atoms with Crippen LogP contribution >= 0.6 is 23.2 Å². The van der Waals surface area contributed by atoms with E-state index in [1.54, 1.807) is 24.4 Å². The maximum atomic E-state index is 6.29. The van der Waals surface area contributed by atoms with Gasteiger partial charge < -0.3 is 10.1 Å². The molecular weight excluding hydrogens is 373 g/mol. The first kappa shape index (κ1) is 16.5. The monoisotopic (exact) mass is 383 g/mol. The smallest absolute Gasteiger partial charge is 0.238 e. The molecule has 4 aromatic rings. The van der Waals surface area contributed by atoms with Crippen molar-refractivity contribution in [3.05, 3.63) is 71.2 Å². The zero-order chi connectivity index (χ0) is 17.9. The van der Waals surface area contributed by atoms with Crippen molar-refractivity contribution >= 4 is 45.7 Å². The van der Waals surface area contributed by atoms with E-state index in [0.29, 0.717) is 44.3 Å². The van der Waals surface area contributed by atoms with Crippen LogP contribution in [-0.4, -0.2) is 19.9 Å². The van der Waals surface area contributed by atoms with Crippen LogP contribution in [0.1, 0.15) is 0 Å². The third kappa shape index (κ3) is 3.51. The molecule has 26 heavy (non-hydrogen) atoms. The number of benzene rings is 1. The predicted octanol–water partition coefficient (Wildman–Crippen LogP) is 5.26. The van der Waals surface area contributed by atoms with Crippen molar-refractivity contribution in [1.29, 1.82) is 0 Å². The lowest BCUT2D eigenvalue weighted by Gasteiger charge is -2.10. The Kier molecular flexibility index (Phi) is 4.51. The van der Waals surface area contributed by atoms with Crippen LogP contribution in [0.3, 0.4) is 0 Å². The highest BCUT2D eigenvalue weighted by Gasteiger charge is 2.10. The van der Waals surface area contributed by atoms with Gasteiger partial charge in [-0.15, -0.1) is 0 Å². The van der Waals surface area contributed by atoms with Gasteiger partial charge >= 0.3 is 0 Å². The average molecular weight is 384 g/mol. The van der Waals surface area contributed by atoms with Crippen molar-refractivity contribution in [2.75, 3.05) is 5.32 Å². The third-order valence-corrected chi connectivity index (χ3v) is 3.96. The van der Waals surface area contributed by atoms with Crippen LogP contribution in [0.5, 0.6) is 11.6 Å². The van der Waals surface area contributed by atoms with Crippen molar-refractivity contribution in [2.24, 2.45) is 0 Å². The van der Waals surface area contributed by atoms with Gasteiger partial charge in [0.1, 0.15) is 27.8 Å². The first-order valence-electron chi connectivity index (χ1n) is 7.62. The van der Waals surface area contributed by atoms with Crippen molar-refractivity contribution in [3.63, 3.8) is 0 Å². The summed E-state index contributed by atoms with van der Waals surface area (Å²) in [6.45, 7) is 0. The van der Waals surface area contributed by atoms with Gasteiger partial charge in [0.05, 0.1) is 17.4 Å². The summed E-state index contributed by atoms with van der Waals surface area (Å²) in [6.07, 6.45) is 3.05. The minimum atomic E-state index is 0.317. The van der Waals surface area contributed by atoms with Crippen LogP contribution < -0.4 is 10.1 Å². The van der Waals surface area contributed by atoms with Crippen LogP contribution in [-0.2, 0) is 0 Å². The highest BCUT2D eigenvalue weighted by Crippen LogP contribution is 2.30. The third-order valence-electron chi connectivity index (χ3n) is 3.48. The lowest BCUT2D eigenvalue weighted by atomic mass is 10.3. The maximum Gasteiger partial charge on any atom is 0.238 e. The van der Waals surface area contributed by atoms with Gasteiger partial charge in [-0.3, -0.25) is 0 Å². The first-order valence-corrected chi connectivity index (χ1v) is 8.37. The minimum absolute atomic E-state index is 0.317. The minimum Gasteiger partial charge on any atom is -0.438 e. The topological polar surface area (TPSA) is 72.8 Å². The lowest BCUT2D eigenvalue weighted by Crippen LogP contribution is -1.99. The molecule has 8 heteroatoms. The Bertz CT molecular complexity index is 1080. The van der Waals surface area contributed by atoms with E-state index in [1.807, 2.05) is 30.3 Å². The number of aromatic nitrogens is 4. The van der Waals surface area contributed by atoms with E-state index in [1.165, 1.54) is 6.33 Å². The molecule has 0 saturated heterocycles. The van der Waals surface area contributed by atoms with Crippen molar-refractivity contribution in [3.8, 4) is 11.6 Å². The van der Waals surface area contributed by atoms with Crippen LogP contribution in [0.4, 0.5) is 11.5 Å². The molecule has 4 rings (SSSR count). The number of ether oxygens (including phenoxy) is 1. The molecule has 3 aromatic heterocycles. The first-order chi connectivity index (χ1) is 12.7. The Morgan fingerprint density at radius 1 is 0.923 bits per heavy atom. The van der Waals surface area contributed by atoms with E-state index < -0.39 is 0 Å². The average Bonchev–Trinajstić information content (AvgIpc) is 2.65. The summed E-state index contributed by atoms with van der Waals surface area (Å²) < 4.78 is 5.67. The molecule has 3 heterocycles. The Hall–Kier alpha value is -2.96. The molecule has 1 N–H and O–H groups in total. The van der Waals surface area contributed by atoms with Gasteiger partial charge in [-0.25, -0.2) is 19.9 Å². The number of anilines is 2. The van der Waals surface area contributed by atoms with Gasteiger partial charge in [0.25, 0.3) is 0 Å². The number of nitrogens with zero attached hydrogens (tertiary/aromatic N) is 4. The van der Waals surface area contributed by atoms with Gasteiger partial charge in [-0.05, 0) is 30.3 Å². The second-order valence-electron chi connectivity index (χ2n) is 5.28. The fourth-order valence-corrected chi connectivity index (χ4v) is 2.67. The molecule has 1 aromatic carbocycles. The van der Waals surface area contributed by atoms with E-state index in [4.69, 9.17) is 27.9 Å². The summed E-state index contributed by atoms with van der Waals surface area (Å²) in [5, 5.41) is 3.85. The van der Waals surface area contributed by atoms with Gasteiger partial charge in [0.2, 0.25) is 5.88 Å². The summed E-state index contributed by atoms with van der Waals surface area (Å²) in [6, 6.07) is 14.5. The Balaban J connectivity index is 1.62. The van der Waals surface area contributed by atoms with Crippen molar-refractivity contribution in [1.82, 2.24) is 19.9 Å². The highest BCUT2D eigenvalue weighted by atomic mass is 35.5. The van der Waals surface area contributed by atoms with Gasteiger partial charge in [-0.1, -0.05) is 41.4 Å². The Morgan fingerprint density at radius 2 is 1.77 bits per heavy atom. The molecule has 128 valence electrons. The van der Waals surface area contributed by atoms with Crippen LogP contribution in [0.15, 0.2) is 61.1 Å². The fraction of sp³-hybridized carbons (Fsp3) is 0. The molecule has 0 saturated carbocycles. The van der Waals surface area contributed by atoms with E-state index in [0.717, 1.165) is 0 Å². The Morgan fingerprint density at radius 3 is 2.58 bits per heavy atom. The normalized spacial score (nSPS) is 10.7. The van der Waals surface area contributed by atoms with Crippen molar-refractivity contribution in [2.45, 2.75) is 0 Å². The molecule has 0 bridgehead atoms. The van der Waals surface area contributed by atoms with E-state index >= 15 is 0 Å². The molecule has 6 nitrogen and oxygen atoms in total. The molecule has 0 aliphatic carbocycles. The second kappa shape index (κ2) is 7.11. The number of rotatable bonds is 4. The molecule has 0 atom stereocenters. The van der Waals surface area contributed by atoms with Gasteiger partial charge in [-0.2, -0.15) is 0 Å². The maximum absolute atomic E-state index is 6.29. The number of nitrogens with one attached hydrogen (secondary N) is 1. The summed E-state index contributed by atoms with van der Waals surface area (Å²) >= 11 is 12.3. The largest absolute Gasteiger partial charge is 0.438 e. The van der Waals surface area contributed by atoms with Crippen molar-refractivity contribution < 1.29 is 4.74 Å². The number of pyridine rings is 2. The van der Waals surface area contributed by atoms with E-state index in [2.05, 4.69) is 25.3 Å². The quantitative estimate of drug-likeness (QED) is 0.484.